The molecule has 1 aliphatic heterocycles. The Morgan fingerprint density at radius 1 is 1.14 bits per heavy atom. The zero-order valence-corrected chi connectivity index (χ0v) is 23.4. The average molecular weight is 552 g/mol. The van der Waals surface area contributed by atoms with Crippen LogP contribution in [0.25, 0.3) is 10.2 Å². The number of hydrogen-bond acceptors (Lipinski definition) is 7. The molecule has 1 saturated heterocycles. The molecule has 2 aromatic carbocycles. The number of fused-ring (bicyclic) bond motifs is 1. The number of ether oxygens (including phenoxy) is 1. The largest absolute Gasteiger partial charge is 0.379 e. The summed E-state index contributed by atoms with van der Waals surface area (Å²) in [6.45, 7) is 10.2. The van der Waals surface area contributed by atoms with E-state index in [0.717, 1.165) is 60.6 Å². The maximum Gasteiger partial charge on any atom is 0.233 e. The number of morpholine rings is 1. The Labute approximate surface area is 223 Å². The number of aryl methyl sites for hydroxylation is 1. The Morgan fingerprint density at radius 3 is 2.50 bits per heavy atom. The number of rotatable bonds is 9. The van der Waals surface area contributed by atoms with Crippen LogP contribution in [0.15, 0.2) is 47.4 Å². The quantitative estimate of drug-likeness (QED) is 0.389. The molecule has 0 spiro atoms. The summed E-state index contributed by atoms with van der Waals surface area (Å²) in [5.74, 6) is -0.0396. The predicted molar refractivity (Wildman–Crippen MR) is 148 cm³/mol. The van der Waals surface area contributed by atoms with E-state index in [1.807, 2.05) is 19.1 Å². The minimum atomic E-state index is -3.34. The van der Waals surface area contributed by atoms with Crippen molar-refractivity contribution in [2.45, 2.75) is 43.8 Å². The Morgan fingerprint density at radius 2 is 1.83 bits per heavy atom. The molecule has 1 aliphatic rings. The standard InChI is InChI=1S/C26H33N3O4S2.ClH/c1-19(2)35(31,32)22-8-6-21(7-9-22)18-25(30)29(12-4-11-28-13-15-33-16-14-28)26-27-23-10-5-20(3)17-24(23)34-26;/h5-10,17,19H,4,11-16,18H2,1-3H3;1H. The highest BCUT2D eigenvalue weighted by molar-refractivity contribution is 7.92. The minimum absolute atomic E-state index is 0. The number of thiazole rings is 1. The van der Waals surface area contributed by atoms with Crippen molar-refractivity contribution < 1.29 is 17.9 Å². The van der Waals surface area contributed by atoms with Gasteiger partial charge in [0.15, 0.2) is 15.0 Å². The van der Waals surface area contributed by atoms with Crippen LogP contribution in [0.3, 0.4) is 0 Å². The number of aromatic nitrogens is 1. The van der Waals surface area contributed by atoms with Crippen molar-refractivity contribution >= 4 is 54.8 Å². The molecule has 2 heterocycles. The van der Waals surface area contributed by atoms with Crippen LogP contribution in [-0.2, 0) is 25.8 Å². The summed E-state index contributed by atoms with van der Waals surface area (Å²) >= 11 is 1.53. The van der Waals surface area contributed by atoms with Crippen molar-refractivity contribution in [2.75, 3.05) is 44.3 Å². The summed E-state index contributed by atoms with van der Waals surface area (Å²) in [5, 5.41) is 0.219. The number of carbonyl (C=O) groups excluding carboxylic acids is 1. The second kappa shape index (κ2) is 12.5. The molecule has 0 aliphatic carbocycles. The van der Waals surface area contributed by atoms with Crippen molar-refractivity contribution in [3.63, 3.8) is 0 Å². The molecular weight excluding hydrogens is 518 g/mol. The topological polar surface area (TPSA) is 79.8 Å². The SMILES string of the molecule is Cc1ccc2nc(N(CCCN3CCOCC3)C(=O)Cc3ccc(S(=O)(=O)C(C)C)cc3)sc2c1.Cl. The monoisotopic (exact) mass is 551 g/mol. The van der Waals surface area contributed by atoms with Crippen LogP contribution < -0.4 is 4.90 Å². The number of amides is 1. The fraction of sp³-hybridized carbons (Fsp3) is 0.462. The lowest BCUT2D eigenvalue weighted by Crippen LogP contribution is -2.39. The van der Waals surface area contributed by atoms with Gasteiger partial charge in [-0.1, -0.05) is 29.5 Å². The number of benzene rings is 2. The average Bonchev–Trinajstić information content (AvgIpc) is 3.25. The molecule has 3 aromatic rings. The van der Waals surface area contributed by atoms with Gasteiger partial charge in [-0.2, -0.15) is 0 Å². The van der Waals surface area contributed by atoms with Gasteiger partial charge < -0.3 is 4.74 Å². The molecule has 1 fully saturated rings. The van der Waals surface area contributed by atoms with Gasteiger partial charge in [0.2, 0.25) is 5.91 Å². The molecule has 196 valence electrons. The van der Waals surface area contributed by atoms with Gasteiger partial charge in [-0.3, -0.25) is 14.6 Å². The number of sulfone groups is 1. The highest BCUT2D eigenvalue weighted by Gasteiger charge is 2.22. The summed E-state index contributed by atoms with van der Waals surface area (Å²) in [4.78, 5) is 22.7. The van der Waals surface area contributed by atoms with Gasteiger partial charge in [0.05, 0.1) is 40.0 Å². The van der Waals surface area contributed by atoms with Gasteiger partial charge in [0.1, 0.15) is 0 Å². The first kappa shape index (κ1) is 28.5. The van der Waals surface area contributed by atoms with E-state index in [9.17, 15) is 13.2 Å². The third-order valence-corrected chi connectivity index (χ3v) is 9.46. The van der Waals surface area contributed by atoms with Crippen LogP contribution >= 0.6 is 23.7 Å². The van der Waals surface area contributed by atoms with E-state index in [4.69, 9.17) is 9.72 Å². The number of hydrogen-bond donors (Lipinski definition) is 0. The van der Waals surface area contributed by atoms with Gasteiger partial charge in [0.25, 0.3) is 0 Å². The van der Waals surface area contributed by atoms with Crippen molar-refractivity contribution in [2.24, 2.45) is 0 Å². The molecule has 0 N–H and O–H groups in total. The molecule has 4 rings (SSSR count). The molecule has 0 radical (unpaired) electrons. The van der Waals surface area contributed by atoms with Crippen LogP contribution in [0.4, 0.5) is 5.13 Å². The lowest BCUT2D eigenvalue weighted by molar-refractivity contribution is -0.118. The van der Waals surface area contributed by atoms with Gasteiger partial charge in [-0.15, -0.1) is 12.4 Å². The highest BCUT2D eigenvalue weighted by atomic mass is 35.5. The third-order valence-electron chi connectivity index (χ3n) is 6.25. The smallest absolute Gasteiger partial charge is 0.233 e. The maximum atomic E-state index is 13.5. The van der Waals surface area contributed by atoms with Gasteiger partial charge >= 0.3 is 0 Å². The summed E-state index contributed by atoms with van der Waals surface area (Å²) in [6.07, 6.45) is 1.03. The Bertz CT molecular complexity index is 1270. The van der Waals surface area contributed by atoms with Gasteiger partial charge in [-0.05, 0) is 62.6 Å². The van der Waals surface area contributed by atoms with Gasteiger partial charge in [0, 0.05) is 26.2 Å². The van der Waals surface area contributed by atoms with E-state index in [1.165, 1.54) is 11.3 Å². The van der Waals surface area contributed by atoms with Crippen molar-refractivity contribution in [3.05, 3.63) is 53.6 Å². The minimum Gasteiger partial charge on any atom is -0.379 e. The van der Waals surface area contributed by atoms with Crippen LogP contribution in [0.5, 0.6) is 0 Å². The first-order valence-corrected chi connectivity index (χ1v) is 14.4. The second-order valence-corrected chi connectivity index (χ2v) is 12.7. The number of carbonyl (C=O) groups is 1. The lowest BCUT2D eigenvalue weighted by atomic mass is 10.1. The molecule has 0 saturated carbocycles. The van der Waals surface area contributed by atoms with E-state index >= 15 is 0 Å². The number of nitrogens with zero attached hydrogens (tertiary/aromatic N) is 3. The molecule has 36 heavy (non-hydrogen) atoms. The molecule has 10 heteroatoms. The maximum absolute atomic E-state index is 13.5. The van der Waals surface area contributed by atoms with Crippen LogP contribution in [-0.4, -0.2) is 68.9 Å². The number of anilines is 1. The zero-order chi connectivity index (χ0) is 25.0. The van der Waals surface area contributed by atoms with E-state index in [-0.39, 0.29) is 29.6 Å². The predicted octanol–water partition coefficient (Wildman–Crippen LogP) is 4.51. The normalized spacial score (nSPS) is 14.7. The summed E-state index contributed by atoms with van der Waals surface area (Å²) in [6, 6.07) is 12.8. The number of halogens is 1. The van der Waals surface area contributed by atoms with Crippen molar-refractivity contribution in [1.82, 2.24) is 9.88 Å². The fourth-order valence-corrected chi connectivity index (χ4v) is 6.25. The van der Waals surface area contributed by atoms with E-state index in [0.29, 0.717) is 11.7 Å². The molecule has 0 atom stereocenters. The van der Waals surface area contributed by atoms with Crippen molar-refractivity contribution in [1.29, 1.82) is 0 Å². The van der Waals surface area contributed by atoms with E-state index in [2.05, 4.69) is 11.0 Å². The fourth-order valence-electron chi connectivity index (χ4n) is 4.08. The Hall–Kier alpha value is -2.04. The second-order valence-electron chi connectivity index (χ2n) is 9.24. The molecule has 1 aromatic heterocycles. The molecule has 0 bridgehead atoms. The van der Waals surface area contributed by atoms with Crippen LogP contribution in [0.2, 0.25) is 0 Å². The lowest BCUT2D eigenvalue weighted by Gasteiger charge is -2.27. The van der Waals surface area contributed by atoms with Crippen LogP contribution in [0.1, 0.15) is 31.4 Å². The third kappa shape index (κ3) is 6.83. The molecule has 7 nitrogen and oxygen atoms in total. The Balaban J connectivity index is 0.00000361. The summed E-state index contributed by atoms with van der Waals surface area (Å²) in [5.41, 5.74) is 2.84. The highest BCUT2D eigenvalue weighted by Crippen LogP contribution is 2.30. The van der Waals surface area contributed by atoms with E-state index < -0.39 is 15.1 Å². The summed E-state index contributed by atoms with van der Waals surface area (Å²) < 4.78 is 31.3. The molecular formula is C26H34ClN3O4S2. The van der Waals surface area contributed by atoms with E-state index in [1.54, 1.807) is 43.0 Å². The molecule has 1 amide bonds. The molecule has 0 unspecified atom stereocenters. The van der Waals surface area contributed by atoms with Crippen molar-refractivity contribution in [3.8, 4) is 0 Å². The van der Waals surface area contributed by atoms with Gasteiger partial charge in [-0.25, -0.2) is 13.4 Å². The first-order chi connectivity index (χ1) is 16.7. The Kier molecular flexibility index (Phi) is 9.88. The first-order valence-electron chi connectivity index (χ1n) is 12.0. The summed E-state index contributed by atoms with van der Waals surface area (Å²) in [7, 11) is -3.34. The zero-order valence-electron chi connectivity index (χ0n) is 21.0. The van der Waals surface area contributed by atoms with Crippen LogP contribution in [0, 0.1) is 6.92 Å².